The molecule has 6 fully saturated rings. The molecule has 1 saturated carbocycles. The van der Waals surface area contributed by atoms with Crippen LogP contribution in [0.3, 0.4) is 0 Å². The summed E-state index contributed by atoms with van der Waals surface area (Å²) in [5, 5.41) is 12.8. The largest absolute Gasteiger partial charge is 0.444 e. The van der Waals surface area contributed by atoms with Crippen molar-refractivity contribution in [3.63, 3.8) is 0 Å². The van der Waals surface area contributed by atoms with Crippen molar-refractivity contribution in [1.82, 2.24) is 44.6 Å². The number of aromatic nitrogens is 5. The molecule has 1 N–H and O–H groups in total. The zero-order valence-corrected chi connectivity index (χ0v) is 42.1. The standard InChI is InChI=1S/C23H31N5OS.C14H19N4.C13H20N2O4S/c1-18-15-22(28(24-18)20-5-3-2-4-6-20)26-11-9-25(10-12-26)21-8-7-19(16-21)23(29)27-13-14-30-17-27;1-12-11-17(13-7-9-15-10-8-13)18(16-12)14-5-3-2-4-6-14;1-13(2,3)19-12(18)15-7-9(16)6-10(15)11(17)14-4-5-20-8-14/h2-6,15,19,21H,7-14,16-17H2,1H3;2-6,11,13,15H,7-10H2,1H3;10H,4-8H2,1-3H3/q;+1;/t19-,21+;;10-/m0.0/s1. The number of benzene rings is 2. The molecule has 5 aliphatic heterocycles. The summed E-state index contributed by atoms with van der Waals surface area (Å²) < 4.78 is 9.63. The van der Waals surface area contributed by atoms with Crippen molar-refractivity contribution >= 4 is 53.0 Å². The number of nitrogens with one attached hydrogen (secondary N) is 1. The molecule has 18 heteroatoms. The van der Waals surface area contributed by atoms with E-state index >= 15 is 0 Å². The molecule has 0 spiro atoms. The van der Waals surface area contributed by atoms with Gasteiger partial charge in [-0.2, -0.15) is 9.78 Å². The Morgan fingerprint density at radius 2 is 1.40 bits per heavy atom. The Morgan fingerprint density at radius 3 is 2.01 bits per heavy atom. The minimum atomic E-state index is -0.698. The van der Waals surface area contributed by atoms with E-state index in [0.717, 1.165) is 98.8 Å². The number of piperidine rings is 1. The highest BCUT2D eigenvalue weighted by atomic mass is 32.2. The molecule has 2 aromatic carbocycles. The molecule has 0 unspecified atom stereocenters. The quantitative estimate of drug-likeness (QED) is 0.234. The van der Waals surface area contributed by atoms with Crippen LogP contribution >= 0.6 is 23.5 Å². The number of ether oxygens (including phenoxy) is 1. The number of carbonyl (C=O) groups excluding carboxylic acids is 4. The van der Waals surface area contributed by atoms with Crippen molar-refractivity contribution in [1.29, 1.82) is 0 Å². The first kappa shape index (κ1) is 49.5. The fourth-order valence-corrected chi connectivity index (χ4v) is 11.8. The number of hydrogen-bond acceptors (Lipinski definition) is 12. The lowest BCUT2D eigenvalue weighted by Gasteiger charge is -2.39. The zero-order chi connectivity index (χ0) is 47.8. The lowest BCUT2D eigenvalue weighted by atomic mass is 10.1. The molecule has 5 saturated heterocycles. The summed E-state index contributed by atoms with van der Waals surface area (Å²) in [4.78, 5) is 61.0. The topological polar surface area (TPSA) is 145 Å². The van der Waals surface area contributed by atoms with Gasteiger partial charge in [0.15, 0.2) is 12.0 Å². The number of rotatable bonds is 7. The predicted octanol–water partition coefficient (Wildman–Crippen LogP) is 5.49. The summed E-state index contributed by atoms with van der Waals surface area (Å²) in [6.45, 7) is 17.3. The normalized spacial score (nSPS) is 22.5. The monoisotopic (exact) mass is 968 g/mol. The highest BCUT2D eigenvalue weighted by molar-refractivity contribution is 7.99. The van der Waals surface area contributed by atoms with Gasteiger partial charge >= 0.3 is 6.09 Å². The van der Waals surface area contributed by atoms with E-state index in [4.69, 9.17) is 9.84 Å². The second-order valence-electron chi connectivity index (χ2n) is 19.6. The van der Waals surface area contributed by atoms with Crippen LogP contribution in [0, 0.1) is 19.8 Å². The van der Waals surface area contributed by atoms with E-state index in [1.807, 2.05) is 28.7 Å². The number of thioether (sulfide) groups is 2. The first-order chi connectivity index (χ1) is 32.8. The van der Waals surface area contributed by atoms with E-state index in [2.05, 4.69) is 109 Å². The number of likely N-dealkylation sites (tertiary alicyclic amines) is 1. The third kappa shape index (κ3) is 12.5. The van der Waals surface area contributed by atoms with E-state index in [-0.39, 0.29) is 30.6 Å². The summed E-state index contributed by atoms with van der Waals surface area (Å²) in [7, 11) is 0. The fourth-order valence-electron chi connectivity index (χ4n) is 9.92. The van der Waals surface area contributed by atoms with Gasteiger partial charge in [0.25, 0.3) is 0 Å². The zero-order valence-electron chi connectivity index (χ0n) is 40.5. The molecule has 3 atom stereocenters. The molecule has 0 bridgehead atoms. The Morgan fingerprint density at radius 1 is 0.765 bits per heavy atom. The van der Waals surface area contributed by atoms with E-state index in [1.54, 1.807) is 37.4 Å². The second-order valence-corrected chi connectivity index (χ2v) is 21.7. The van der Waals surface area contributed by atoms with E-state index in [0.29, 0.717) is 30.4 Å². The third-order valence-corrected chi connectivity index (χ3v) is 15.3. The SMILES string of the molecule is CC(C)(C)OC(=O)N1CC(=O)C[C@H]1C(=O)N1CCSC1.Cc1c[n+](C2CCNCC2)n(-c2ccccc2)n1.Cc1cc(N2CCN([C@@H]3CC[C@H](C(=O)N4CCSC4)C3)CC2)n(-c2ccccc2)n1. The highest BCUT2D eigenvalue weighted by Crippen LogP contribution is 2.33. The van der Waals surface area contributed by atoms with E-state index in [1.165, 1.54) is 30.0 Å². The van der Waals surface area contributed by atoms with Gasteiger partial charge < -0.3 is 24.8 Å². The molecule has 2 aromatic heterocycles. The Labute approximate surface area is 410 Å². The third-order valence-electron chi connectivity index (χ3n) is 13.4. The van der Waals surface area contributed by atoms with Gasteiger partial charge in [0.1, 0.15) is 29.2 Å². The van der Waals surface area contributed by atoms with Crippen LogP contribution in [0.4, 0.5) is 10.6 Å². The van der Waals surface area contributed by atoms with Crippen LogP contribution in [0.5, 0.6) is 0 Å². The average Bonchev–Trinajstić information content (AvgIpc) is 4.21. The van der Waals surface area contributed by atoms with Gasteiger partial charge in [0.2, 0.25) is 17.5 Å². The van der Waals surface area contributed by atoms with Gasteiger partial charge in [-0.3, -0.25) is 24.2 Å². The lowest BCUT2D eigenvalue weighted by molar-refractivity contribution is -0.795. The van der Waals surface area contributed by atoms with Crippen LogP contribution in [0.25, 0.3) is 11.4 Å². The van der Waals surface area contributed by atoms with Crippen molar-refractivity contribution in [2.75, 3.05) is 87.1 Å². The Kier molecular flexibility index (Phi) is 16.5. The summed E-state index contributed by atoms with van der Waals surface area (Å²) >= 11 is 3.55. The smallest absolute Gasteiger partial charge is 0.411 e. The first-order valence-electron chi connectivity index (χ1n) is 24.4. The number of carbonyl (C=O) groups is 4. The molecule has 1 aliphatic carbocycles. The van der Waals surface area contributed by atoms with Gasteiger partial charge in [-0.05, 0) is 89.1 Å². The minimum absolute atomic E-state index is 0.0354. The van der Waals surface area contributed by atoms with Crippen molar-refractivity contribution < 1.29 is 28.6 Å². The maximum Gasteiger partial charge on any atom is 0.411 e. The first-order valence-corrected chi connectivity index (χ1v) is 26.7. The Hall–Kier alpha value is -4.91. The van der Waals surface area contributed by atoms with Gasteiger partial charge in [-0.1, -0.05) is 36.4 Å². The van der Waals surface area contributed by atoms with Gasteiger partial charge in [-0.25, -0.2) is 9.48 Å². The van der Waals surface area contributed by atoms with Crippen LogP contribution < -0.4 is 14.9 Å². The number of aryl methyl sites for hydroxylation is 2. The molecule has 68 heavy (non-hydrogen) atoms. The Balaban J connectivity index is 0.000000144. The van der Waals surface area contributed by atoms with Gasteiger partial charge in [-0.15, -0.1) is 23.5 Å². The summed E-state index contributed by atoms with van der Waals surface area (Å²) in [6, 6.07) is 23.4. The molecule has 10 rings (SSSR count). The molecule has 4 aromatic rings. The molecule has 366 valence electrons. The number of hydrogen-bond donors (Lipinski definition) is 1. The molecule has 3 amide bonds. The van der Waals surface area contributed by atoms with Crippen molar-refractivity contribution in [2.45, 2.75) is 96.9 Å². The van der Waals surface area contributed by atoms with Crippen LogP contribution in [-0.2, 0) is 19.1 Å². The lowest BCUT2D eigenvalue weighted by Crippen LogP contribution is -2.50. The number of nitrogens with zero attached hydrogens (tertiary/aromatic N) is 10. The van der Waals surface area contributed by atoms with Crippen LogP contribution in [0.15, 0.2) is 72.9 Å². The van der Waals surface area contributed by atoms with Crippen molar-refractivity contribution in [3.05, 3.63) is 84.3 Å². The molecular weight excluding hydrogens is 899 g/mol. The van der Waals surface area contributed by atoms with Crippen LogP contribution in [0.1, 0.15) is 76.7 Å². The van der Waals surface area contributed by atoms with Crippen LogP contribution in [-0.4, -0.2) is 163 Å². The summed E-state index contributed by atoms with van der Waals surface area (Å²) in [5.74, 6) is 5.12. The highest BCUT2D eigenvalue weighted by Gasteiger charge is 2.43. The van der Waals surface area contributed by atoms with Crippen LogP contribution in [0.2, 0.25) is 0 Å². The molecule has 16 nitrogen and oxygen atoms in total. The summed E-state index contributed by atoms with van der Waals surface area (Å²) in [6.07, 6.45) is 7.27. The van der Waals surface area contributed by atoms with E-state index in [9.17, 15) is 19.2 Å². The molecule has 7 heterocycles. The average molecular weight is 969 g/mol. The fraction of sp³-hybridized carbons (Fsp3) is 0.580. The molecule has 0 radical (unpaired) electrons. The minimum Gasteiger partial charge on any atom is -0.444 e. The van der Waals surface area contributed by atoms with Crippen molar-refractivity contribution in [2.24, 2.45) is 5.92 Å². The number of piperazine rings is 1. The number of anilines is 1. The number of Topliss-reactive ketones (excluding diaryl/α,β-unsaturated/α-hetero) is 1. The van der Waals surface area contributed by atoms with E-state index < -0.39 is 17.7 Å². The Bertz CT molecular complexity index is 2310. The predicted molar refractivity (Wildman–Crippen MR) is 267 cm³/mol. The summed E-state index contributed by atoms with van der Waals surface area (Å²) in [5.41, 5.74) is 3.72. The maximum absolute atomic E-state index is 12.8. The number of para-hydroxylation sites is 2. The molecular formula is C50H70N11O5S2+. The maximum atomic E-state index is 12.8. The van der Waals surface area contributed by atoms with Gasteiger partial charge in [0.05, 0.1) is 29.7 Å². The number of amides is 3. The van der Waals surface area contributed by atoms with Gasteiger partial charge in [0, 0.05) is 100 Å². The van der Waals surface area contributed by atoms with Crippen molar-refractivity contribution in [3.8, 4) is 11.4 Å². The number of ketones is 1. The molecule has 6 aliphatic rings. The second kappa shape index (κ2) is 22.7.